The maximum atomic E-state index is 7.17. The number of benzene rings is 18. The highest BCUT2D eigenvalue weighted by Crippen LogP contribution is 2.51. The van der Waals surface area contributed by atoms with Gasteiger partial charge in [0.15, 0.2) is 0 Å². The van der Waals surface area contributed by atoms with E-state index in [-0.39, 0.29) is 0 Å². The Kier molecular flexibility index (Phi) is 11.6. The molecule has 18 aromatic carbocycles. The summed E-state index contributed by atoms with van der Waals surface area (Å²) in [6.45, 7) is 0. The van der Waals surface area contributed by atoms with Crippen LogP contribution in [0.3, 0.4) is 0 Å². The van der Waals surface area contributed by atoms with Gasteiger partial charge in [-0.05, 0) is 180 Å². The fourth-order valence-electron chi connectivity index (χ4n) is 16.9. The Bertz CT molecular complexity index is 7110. The lowest BCUT2D eigenvalue weighted by Crippen LogP contribution is -1.91. The predicted molar refractivity (Wildman–Crippen MR) is 419 cm³/mol. The molecule has 4 heterocycles. The van der Waals surface area contributed by atoms with Crippen LogP contribution in [0.2, 0.25) is 0 Å². The minimum absolute atomic E-state index is 0.814. The molecule has 4 nitrogen and oxygen atoms in total. The normalized spacial score (nSPS) is 12.2. The van der Waals surface area contributed by atoms with Crippen molar-refractivity contribution >= 4 is 152 Å². The molecule has 4 aromatic heterocycles. The van der Waals surface area contributed by atoms with Crippen molar-refractivity contribution in [1.82, 2.24) is 0 Å². The van der Waals surface area contributed by atoms with Crippen molar-refractivity contribution < 1.29 is 17.7 Å². The topological polar surface area (TPSA) is 52.6 Å². The van der Waals surface area contributed by atoms with E-state index in [9.17, 15) is 0 Å². The third-order valence-electron chi connectivity index (χ3n) is 21.4. The van der Waals surface area contributed by atoms with Gasteiger partial charge in [0, 0.05) is 60.1 Å². The van der Waals surface area contributed by atoms with Crippen LogP contribution in [-0.2, 0) is 0 Å². The molecule has 4 heteroatoms. The maximum Gasteiger partial charge on any atom is 0.144 e. The second kappa shape index (κ2) is 21.1. The summed E-state index contributed by atoms with van der Waals surface area (Å²) in [4.78, 5) is 0. The molecule has 0 spiro atoms. The van der Waals surface area contributed by atoms with Crippen molar-refractivity contribution in [2.45, 2.75) is 0 Å². The molecule has 0 aliphatic carbocycles. The summed E-state index contributed by atoms with van der Waals surface area (Å²) in [5.41, 5.74) is 22.8. The van der Waals surface area contributed by atoms with E-state index in [2.05, 4.69) is 328 Å². The highest BCUT2D eigenvalue weighted by Gasteiger charge is 2.25. The molecule has 462 valence electrons. The molecule has 0 bridgehead atoms. The molecule has 0 aliphatic heterocycles. The molecular formula is C96H54O4. The standard InChI is InChI=1S/C96H54O4/c1-2-18-60(19-3-1)88-68-22-8-10-24-70(68)89(71-25-11-9-23-69(71)88)62-38-32-56(33-39-62)65-45-48-83-80(51-65)94-93-76-46-42-58-17-5-7-21-67(58)95(76)100-87(93)53-77(96(94)99-83)59-34-40-63(41-35-59)91-74-28-14-12-26-72(74)90(73-27-13-15-29-75(73)91)61-36-30-55(31-37-61)64-44-47-82-78(50-64)79-52-81-86(54-85(79)97-82)98-84-49-43-57-16-4-6-20-66(57)92(81)84/h1-54H. The average molecular weight is 1270 g/mol. The van der Waals surface area contributed by atoms with E-state index in [1.165, 1.54) is 87.2 Å². The monoisotopic (exact) mass is 1270 g/mol. The van der Waals surface area contributed by atoms with E-state index in [1.807, 2.05) is 0 Å². The second-order valence-corrected chi connectivity index (χ2v) is 26.8. The van der Waals surface area contributed by atoms with Gasteiger partial charge in [0.2, 0.25) is 0 Å². The van der Waals surface area contributed by atoms with Crippen LogP contribution in [0.1, 0.15) is 0 Å². The molecule has 0 saturated heterocycles. The van der Waals surface area contributed by atoms with E-state index in [0.717, 1.165) is 143 Å². The Hall–Kier alpha value is -13.3. The SMILES string of the molecule is c1ccc(-c2c3ccccc3c(-c3ccc(-c4ccc5oc6c(-c7ccc(-c8c9ccccc9c(-c9ccc(-c%10ccc%11oc%12cc%13oc%14ccc%15ccccc%15c%14c%13cc%12c%11c%10)cc9)c9ccccc89)cc7)cc7oc8c9ccccc9ccc8c7c6c5c4)cc3)c3ccccc23)cc1. The first-order valence-corrected chi connectivity index (χ1v) is 34.3. The summed E-state index contributed by atoms with van der Waals surface area (Å²) >= 11 is 0. The van der Waals surface area contributed by atoms with Crippen LogP contribution < -0.4 is 0 Å². The molecule has 100 heavy (non-hydrogen) atoms. The van der Waals surface area contributed by atoms with Gasteiger partial charge in [-0.3, -0.25) is 0 Å². The van der Waals surface area contributed by atoms with Gasteiger partial charge in [-0.1, -0.05) is 273 Å². The van der Waals surface area contributed by atoms with Gasteiger partial charge >= 0.3 is 0 Å². The van der Waals surface area contributed by atoms with E-state index >= 15 is 0 Å². The smallest absolute Gasteiger partial charge is 0.144 e. The van der Waals surface area contributed by atoms with Crippen LogP contribution in [0.4, 0.5) is 0 Å². The zero-order valence-corrected chi connectivity index (χ0v) is 53.8. The molecule has 0 N–H and O–H groups in total. The number of fused-ring (bicyclic) bond motifs is 21. The first-order chi connectivity index (χ1) is 49.6. The van der Waals surface area contributed by atoms with Crippen LogP contribution >= 0.6 is 0 Å². The first-order valence-electron chi connectivity index (χ1n) is 34.3. The summed E-state index contributed by atoms with van der Waals surface area (Å²) < 4.78 is 27.2. The highest BCUT2D eigenvalue weighted by molar-refractivity contribution is 6.31. The molecule has 0 amide bonds. The lowest BCUT2D eigenvalue weighted by atomic mass is 9.85. The molecule has 0 unspecified atom stereocenters. The van der Waals surface area contributed by atoms with Crippen LogP contribution in [0.25, 0.3) is 230 Å². The Morgan fingerprint density at radius 1 is 0.150 bits per heavy atom. The van der Waals surface area contributed by atoms with Crippen molar-refractivity contribution in [3.05, 3.63) is 328 Å². The molecule has 0 fully saturated rings. The number of hydrogen-bond acceptors (Lipinski definition) is 4. The van der Waals surface area contributed by atoms with Gasteiger partial charge in [0.05, 0.1) is 0 Å². The minimum atomic E-state index is 0.814. The summed E-state index contributed by atoms with van der Waals surface area (Å²) in [6, 6.07) is 119. The Morgan fingerprint density at radius 3 is 1.07 bits per heavy atom. The third-order valence-corrected chi connectivity index (χ3v) is 21.4. The number of rotatable bonds is 7. The summed E-state index contributed by atoms with van der Waals surface area (Å²) in [6.07, 6.45) is 0. The van der Waals surface area contributed by atoms with E-state index in [4.69, 9.17) is 17.7 Å². The highest BCUT2D eigenvalue weighted by atomic mass is 16.3. The fourth-order valence-corrected chi connectivity index (χ4v) is 16.9. The van der Waals surface area contributed by atoms with Crippen LogP contribution in [0.5, 0.6) is 0 Å². The average Bonchev–Trinajstić information content (AvgIpc) is 1.35. The van der Waals surface area contributed by atoms with E-state index in [0.29, 0.717) is 0 Å². The largest absolute Gasteiger partial charge is 0.456 e. The van der Waals surface area contributed by atoms with Crippen LogP contribution in [0, 0.1) is 0 Å². The fraction of sp³-hybridized carbons (Fsp3) is 0. The van der Waals surface area contributed by atoms with Crippen LogP contribution in [-0.4, -0.2) is 0 Å². The molecule has 0 aliphatic rings. The Balaban J connectivity index is 0.641. The van der Waals surface area contributed by atoms with Gasteiger partial charge in [-0.2, -0.15) is 0 Å². The minimum Gasteiger partial charge on any atom is -0.456 e. The van der Waals surface area contributed by atoms with Crippen LogP contribution in [0.15, 0.2) is 345 Å². The van der Waals surface area contributed by atoms with Crippen molar-refractivity contribution in [2.75, 3.05) is 0 Å². The first kappa shape index (κ1) is 54.9. The van der Waals surface area contributed by atoms with Gasteiger partial charge < -0.3 is 17.7 Å². The summed E-state index contributed by atoms with van der Waals surface area (Å²) in [5, 5.41) is 22.9. The molecular weight excluding hydrogens is 1220 g/mol. The quantitative estimate of drug-likeness (QED) is 0.149. The number of furan rings is 4. The van der Waals surface area contributed by atoms with Gasteiger partial charge in [0.1, 0.15) is 44.7 Å². The predicted octanol–water partition coefficient (Wildman–Crippen LogP) is 27.9. The molecule has 22 rings (SSSR count). The molecule has 0 saturated carbocycles. The third kappa shape index (κ3) is 8.10. The maximum absolute atomic E-state index is 7.17. The summed E-state index contributed by atoms with van der Waals surface area (Å²) in [7, 11) is 0. The van der Waals surface area contributed by atoms with Gasteiger partial charge in [0.25, 0.3) is 0 Å². The Labute approximate surface area is 572 Å². The van der Waals surface area contributed by atoms with Crippen molar-refractivity contribution in [3.63, 3.8) is 0 Å². The summed E-state index contributed by atoms with van der Waals surface area (Å²) in [5.74, 6) is 0. The van der Waals surface area contributed by atoms with Crippen molar-refractivity contribution in [1.29, 1.82) is 0 Å². The van der Waals surface area contributed by atoms with E-state index < -0.39 is 0 Å². The zero-order valence-electron chi connectivity index (χ0n) is 53.8. The lowest BCUT2D eigenvalue weighted by Gasteiger charge is -2.18. The van der Waals surface area contributed by atoms with Crippen molar-refractivity contribution in [3.8, 4) is 77.9 Å². The van der Waals surface area contributed by atoms with Gasteiger partial charge in [-0.25, -0.2) is 0 Å². The molecule has 0 radical (unpaired) electrons. The lowest BCUT2D eigenvalue weighted by molar-refractivity contribution is 0.656. The Morgan fingerprint density at radius 2 is 0.520 bits per heavy atom. The van der Waals surface area contributed by atoms with Crippen molar-refractivity contribution in [2.24, 2.45) is 0 Å². The van der Waals surface area contributed by atoms with E-state index in [1.54, 1.807) is 0 Å². The second-order valence-electron chi connectivity index (χ2n) is 26.8. The molecule has 0 atom stereocenters. The number of hydrogen-bond donors (Lipinski definition) is 0. The molecule has 22 aromatic rings. The zero-order chi connectivity index (χ0) is 65.3. The van der Waals surface area contributed by atoms with Gasteiger partial charge in [-0.15, -0.1) is 0 Å².